The maximum atomic E-state index is 12.5. The van der Waals surface area contributed by atoms with Crippen molar-refractivity contribution in [2.45, 2.75) is 6.92 Å². The summed E-state index contributed by atoms with van der Waals surface area (Å²) >= 11 is 5.88. The van der Waals surface area contributed by atoms with Gasteiger partial charge < -0.3 is 10.1 Å². The minimum atomic E-state index is -3.95. The number of methoxy groups -OCH3 is 1. The predicted molar refractivity (Wildman–Crippen MR) is 107 cm³/mol. The van der Waals surface area contributed by atoms with Crippen molar-refractivity contribution in [2.24, 2.45) is 0 Å². The second kappa shape index (κ2) is 8.44. The Labute approximate surface area is 167 Å². The van der Waals surface area contributed by atoms with Gasteiger partial charge in [0.15, 0.2) is 0 Å². The van der Waals surface area contributed by atoms with Crippen molar-refractivity contribution in [3.8, 4) is 5.75 Å². The molecule has 0 spiro atoms. The molecule has 2 aromatic carbocycles. The van der Waals surface area contributed by atoms with E-state index in [2.05, 4.69) is 5.32 Å². The number of non-ortho nitro benzene ring substituents is 1. The summed E-state index contributed by atoms with van der Waals surface area (Å²) in [7, 11) is -2.65. The lowest BCUT2D eigenvalue weighted by Crippen LogP contribution is -2.37. The summed E-state index contributed by atoms with van der Waals surface area (Å²) in [6.45, 7) is 1.14. The summed E-state index contributed by atoms with van der Waals surface area (Å²) in [5, 5.41) is 14.2. The SMILES string of the molecule is COc1ccc([N+](=O)[O-])cc1N(CC(=O)Nc1ccc(Cl)cc1C)S(C)(=O)=O. The molecule has 0 aliphatic carbocycles. The molecule has 0 heterocycles. The number of aryl methyl sites for hydroxylation is 1. The van der Waals surface area contributed by atoms with Crippen molar-refractivity contribution >= 4 is 44.6 Å². The molecule has 150 valence electrons. The molecule has 1 amide bonds. The molecule has 1 N–H and O–H groups in total. The molecular weight excluding hydrogens is 410 g/mol. The third kappa shape index (κ3) is 5.11. The average Bonchev–Trinajstić information content (AvgIpc) is 2.60. The van der Waals surface area contributed by atoms with Gasteiger partial charge in [0.2, 0.25) is 15.9 Å². The second-order valence-corrected chi connectivity index (χ2v) is 8.23. The number of nitro groups is 1. The molecule has 0 unspecified atom stereocenters. The second-order valence-electron chi connectivity index (χ2n) is 5.89. The number of hydrogen-bond donors (Lipinski definition) is 1. The smallest absolute Gasteiger partial charge is 0.271 e. The molecule has 11 heteroatoms. The summed E-state index contributed by atoms with van der Waals surface area (Å²) in [4.78, 5) is 22.9. The molecule has 0 aliphatic rings. The van der Waals surface area contributed by atoms with Crippen molar-refractivity contribution in [1.29, 1.82) is 0 Å². The highest BCUT2D eigenvalue weighted by Gasteiger charge is 2.26. The molecule has 0 atom stereocenters. The number of nitro benzene ring substituents is 1. The van der Waals surface area contributed by atoms with Gasteiger partial charge in [0, 0.05) is 22.8 Å². The number of benzene rings is 2. The largest absolute Gasteiger partial charge is 0.495 e. The maximum absolute atomic E-state index is 12.5. The average molecular weight is 428 g/mol. The van der Waals surface area contributed by atoms with Crippen LogP contribution in [0.4, 0.5) is 17.1 Å². The van der Waals surface area contributed by atoms with Crippen LogP contribution in [0.1, 0.15) is 5.56 Å². The van der Waals surface area contributed by atoms with Gasteiger partial charge >= 0.3 is 0 Å². The van der Waals surface area contributed by atoms with E-state index < -0.39 is 27.4 Å². The number of halogens is 1. The number of amides is 1. The first-order chi connectivity index (χ1) is 13.0. The molecule has 0 radical (unpaired) electrons. The number of hydrogen-bond acceptors (Lipinski definition) is 6. The van der Waals surface area contributed by atoms with Crippen molar-refractivity contribution in [2.75, 3.05) is 29.5 Å². The van der Waals surface area contributed by atoms with E-state index in [-0.39, 0.29) is 17.1 Å². The molecule has 0 saturated carbocycles. The van der Waals surface area contributed by atoms with E-state index in [9.17, 15) is 23.3 Å². The monoisotopic (exact) mass is 427 g/mol. The van der Waals surface area contributed by atoms with Crippen LogP contribution in [0, 0.1) is 17.0 Å². The highest BCUT2D eigenvalue weighted by molar-refractivity contribution is 7.92. The molecule has 0 fully saturated rings. The summed E-state index contributed by atoms with van der Waals surface area (Å²) < 4.78 is 30.4. The molecule has 0 bridgehead atoms. The van der Waals surface area contributed by atoms with E-state index in [4.69, 9.17) is 16.3 Å². The molecular formula is C17H18ClN3O6S. The third-order valence-corrected chi connectivity index (χ3v) is 5.15. The number of sulfonamides is 1. The Bertz CT molecular complexity index is 1030. The van der Waals surface area contributed by atoms with Gasteiger partial charge in [-0.25, -0.2) is 8.42 Å². The Morgan fingerprint density at radius 3 is 2.50 bits per heavy atom. The van der Waals surface area contributed by atoms with Crippen LogP contribution < -0.4 is 14.4 Å². The lowest BCUT2D eigenvalue weighted by Gasteiger charge is -2.23. The number of anilines is 2. The lowest BCUT2D eigenvalue weighted by atomic mass is 10.2. The Balaban J connectivity index is 2.39. The van der Waals surface area contributed by atoms with E-state index in [1.54, 1.807) is 25.1 Å². The van der Waals surface area contributed by atoms with Gasteiger partial charge in [-0.05, 0) is 36.8 Å². The van der Waals surface area contributed by atoms with Crippen LogP contribution in [0.25, 0.3) is 0 Å². The summed E-state index contributed by atoms with van der Waals surface area (Å²) in [6.07, 6.45) is 0.895. The van der Waals surface area contributed by atoms with Crippen LogP contribution in [0.15, 0.2) is 36.4 Å². The van der Waals surface area contributed by atoms with E-state index in [1.165, 1.54) is 19.2 Å². The van der Waals surface area contributed by atoms with Gasteiger partial charge in [-0.15, -0.1) is 0 Å². The molecule has 2 rings (SSSR count). The van der Waals surface area contributed by atoms with Gasteiger partial charge in [0.05, 0.1) is 18.3 Å². The number of nitrogens with one attached hydrogen (secondary N) is 1. The van der Waals surface area contributed by atoms with Crippen LogP contribution in [0.5, 0.6) is 5.75 Å². The number of ether oxygens (including phenoxy) is 1. The zero-order valence-electron chi connectivity index (χ0n) is 15.3. The summed E-state index contributed by atoms with van der Waals surface area (Å²) in [6, 6.07) is 8.32. The topological polar surface area (TPSA) is 119 Å². The van der Waals surface area contributed by atoms with Gasteiger partial charge in [0.25, 0.3) is 5.69 Å². The van der Waals surface area contributed by atoms with Gasteiger partial charge in [0.1, 0.15) is 18.0 Å². The Morgan fingerprint density at radius 1 is 1.29 bits per heavy atom. The first-order valence-corrected chi connectivity index (χ1v) is 10.1. The van der Waals surface area contributed by atoms with Crippen LogP contribution in [-0.2, 0) is 14.8 Å². The van der Waals surface area contributed by atoms with Crippen LogP contribution in [0.3, 0.4) is 0 Å². The standard InChI is InChI=1S/C17H18ClN3O6S/c1-11-8-12(18)4-6-14(11)19-17(22)10-20(28(3,25)26)15-9-13(21(23)24)5-7-16(15)27-2/h4-9H,10H2,1-3H3,(H,19,22). The normalized spacial score (nSPS) is 11.0. The maximum Gasteiger partial charge on any atom is 0.271 e. The van der Waals surface area contributed by atoms with Crippen LogP contribution >= 0.6 is 11.6 Å². The minimum absolute atomic E-state index is 0.0755. The van der Waals surface area contributed by atoms with Gasteiger partial charge in [-0.2, -0.15) is 0 Å². The highest BCUT2D eigenvalue weighted by Crippen LogP contribution is 2.33. The Morgan fingerprint density at radius 2 is 1.96 bits per heavy atom. The van der Waals surface area contributed by atoms with E-state index in [0.717, 1.165) is 16.6 Å². The fourth-order valence-electron chi connectivity index (χ4n) is 2.46. The molecule has 0 aliphatic heterocycles. The Kier molecular flexibility index (Phi) is 6.47. The van der Waals surface area contributed by atoms with Crippen molar-refractivity contribution < 1.29 is 22.9 Å². The van der Waals surface area contributed by atoms with Crippen molar-refractivity contribution in [3.63, 3.8) is 0 Å². The van der Waals surface area contributed by atoms with Gasteiger partial charge in [-0.1, -0.05) is 11.6 Å². The number of carbonyl (C=O) groups is 1. The fourth-order valence-corrected chi connectivity index (χ4v) is 3.53. The zero-order chi connectivity index (χ0) is 21.1. The minimum Gasteiger partial charge on any atom is -0.495 e. The molecule has 28 heavy (non-hydrogen) atoms. The van der Waals surface area contributed by atoms with E-state index in [1.807, 2.05) is 0 Å². The molecule has 0 saturated heterocycles. The third-order valence-electron chi connectivity index (χ3n) is 3.79. The number of rotatable bonds is 7. The summed E-state index contributed by atoms with van der Waals surface area (Å²) in [5.74, 6) is -0.559. The Hall–Kier alpha value is -2.85. The summed E-state index contributed by atoms with van der Waals surface area (Å²) in [5.41, 5.74) is 0.717. The first-order valence-electron chi connectivity index (χ1n) is 7.89. The lowest BCUT2D eigenvalue weighted by molar-refractivity contribution is -0.384. The first kappa shape index (κ1) is 21.5. The van der Waals surface area contributed by atoms with Crippen molar-refractivity contribution in [3.05, 3.63) is 57.1 Å². The highest BCUT2D eigenvalue weighted by atomic mass is 35.5. The predicted octanol–water partition coefficient (Wildman–Crippen LogP) is 2.97. The number of nitrogens with zero attached hydrogens (tertiary/aromatic N) is 2. The molecule has 2 aromatic rings. The van der Waals surface area contributed by atoms with Crippen molar-refractivity contribution in [1.82, 2.24) is 0 Å². The molecule has 0 aromatic heterocycles. The van der Waals surface area contributed by atoms with Crippen LogP contribution in [0.2, 0.25) is 5.02 Å². The number of carbonyl (C=O) groups excluding carboxylic acids is 1. The van der Waals surface area contributed by atoms with Gasteiger partial charge in [-0.3, -0.25) is 19.2 Å². The fraction of sp³-hybridized carbons (Fsp3) is 0.235. The zero-order valence-corrected chi connectivity index (χ0v) is 16.9. The van der Waals surface area contributed by atoms with E-state index >= 15 is 0 Å². The molecule has 9 nitrogen and oxygen atoms in total. The van der Waals surface area contributed by atoms with E-state index in [0.29, 0.717) is 16.3 Å². The van der Waals surface area contributed by atoms with Crippen LogP contribution in [-0.4, -0.2) is 39.2 Å². The quantitative estimate of drug-likeness (QED) is 0.536.